The van der Waals surface area contributed by atoms with Crippen LogP contribution in [0.4, 0.5) is 0 Å². The molecule has 1 aliphatic heterocycles. The SMILES string of the molecule is COCCOCCOCCOCCOCCC(=O)I1CCC(C)CC1. The first-order valence-corrected chi connectivity index (χ1v) is 13.3. The van der Waals surface area contributed by atoms with Crippen molar-refractivity contribution in [3.05, 3.63) is 0 Å². The molecule has 1 saturated heterocycles. The minimum atomic E-state index is -1.31. The van der Waals surface area contributed by atoms with Crippen molar-refractivity contribution in [3.63, 3.8) is 0 Å². The van der Waals surface area contributed by atoms with E-state index in [2.05, 4.69) is 6.92 Å². The van der Waals surface area contributed by atoms with E-state index in [-0.39, 0.29) is 0 Å². The molecule has 6 nitrogen and oxygen atoms in total. The summed E-state index contributed by atoms with van der Waals surface area (Å²) in [7, 11) is 1.65. The fraction of sp³-hybridized carbons (Fsp3) is 0.944. The zero-order valence-electron chi connectivity index (χ0n) is 15.8. The molecule has 7 heteroatoms. The Morgan fingerprint density at radius 1 is 0.800 bits per heavy atom. The molecule has 0 atom stereocenters. The van der Waals surface area contributed by atoms with Crippen LogP contribution in [-0.4, -0.2) is 79.2 Å². The molecule has 0 aromatic rings. The van der Waals surface area contributed by atoms with Crippen LogP contribution in [0, 0.1) is 5.92 Å². The number of rotatable bonds is 16. The third-order valence-electron chi connectivity index (χ3n) is 3.95. The fourth-order valence-electron chi connectivity index (χ4n) is 2.28. The third kappa shape index (κ3) is 13.1. The third-order valence-corrected chi connectivity index (χ3v) is 10.0. The number of carbonyl (C=O) groups excluding carboxylic acids is 1. The molecular weight excluding hydrogens is 439 g/mol. The van der Waals surface area contributed by atoms with Crippen molar-refractivity contribution in [1.82, 2.24) is 0 Å². The van der Waals surface area contributed by atoms with Gasteiger partial charge in [-0.15, -0.1) is 0 Å². The van der Waals surface area contributed by atoms with Gasteiger partial charge in [-0.2, -0.15) is 0 Å². The summed E-state index contributed by atoms with van der Waals surface area (Å²) in [5, 5.41) is 0. The van der Waals surface area contributed by atoms with Crippen LogP contribution in [0.5, 0.6) is 0 Å². The first-order chi connectivity index (χ1) is 12.2. The standard InChI is InChI=1S/C18H35IO6/c1-17-3-6-19(7-4-17)18(20)5-8-22-11-12-24-15-16-25-14-13-23-10-9-21-2/h17H,3-16H2,1-2H3. The van der Waals surface area contributed by atoms with Crippen molar-refractivity contribution in [2.75, 3.05) is 75.4 Å². The summed E-state index contributed by atoms with van der Waals surface area (Å²) in [6.45, 7) is 7.37. The average molecular weight is 474 g/mol. The first kappa shape index (κ1) is 23.2. The monoisotopic (exact) mass is 474 g/mol. The van der Waals surface area contributed by atoms with Gasteiger partial charge in [0.05, 0.1) is 13.2 Å². The number of carbonyl (C=O) groups is 1. The number of methoxy groups -OCH3 is 1. The van der Waals surface area contributed by atoms with Crippen molar-refractivity contribution in [1.29, 1.82) is 0 Å². The Labute approximate surface area is 159 Å². The van der Waals surface area contributed by atoms with E-state index >= 15 is 0 Å². The molecule has 0 aromatic carbocycles. The molecule has 1 heterocycles. The Hall–Kier alpha value is 0.200. The molecule has 150 valence electrons. The first-order valence-electron chi connectivity index (χ1n) is 9.18. The molecule has 0 radical (unpaired) electrons. The Morgan fingerprint density at radius 3 is 1.72 bits per heavy atom. The van der Waals surface area contributed by atoms with Gasteiger partial charge in [0.15, 0.2) is 0 Å². The van der Waals surface area contributed by atoms with Gasteiger partial charge in [-0.3, -0.25) is 0 Å². The van der Waals surface area contributed by atoms with Gasteiger partial charge in [-0.25, -0.2) is 0 Å². The van der Waals surface area contributed by atoms with E-state index in [0.29, 0.717) is 69.7 Å². The van der Waals surface area contributed by atoms with Crippen LogP contribution in [-0.2, 0) is 28.5 Å². The summed E-state index contributed by atoms with van der Waals surface area (Å²) in [5.74, 6) is 0.821. The van der Waals surface area contributed by atoms with Gasteiger partial charge in [-0.1, -0.05) is 0 Å². The number of halogens is 1. The van der Waals surface area contributed by atoms with Gasteiger partial charge in [0, 0.05) is 7.11 Å². The molecular formula is C18H35IO6. The molecule has 0 spiro atoms. The predicted molar refractivity (Wildman–Crippen MR) is 107 cm³/mol. The van der Waals surface area contributed by atoms with Crippen molar-refractivity contribution < 1.29 is 28.5 Å². The van der Waals surface area contributed by atoms with Gasteiger partial charge in [0.25, 0.3) is 0 Å². The Balaban J connectivity index is 1.78. The molecule has 1 fully saturated rings. The van der Waals surface area contributed by atoms with Crippen molar-refractivity contribution in [3.8, 4) is 0 Å². The maximum absolute atomic E-state index is 12.1. The minimum absolute atomic E-state index is 0.526. The summed E-state index contributed by atoms with van der Waals surface area (Å²) in [4.78, 5) is 12.1. The van der Waals surface area contributed by atoms with Gasteiger partial charge in [0.1, 0.15) is 0 Å². The topological polar surface area (TPSA) is 63.2 Å². The molecule has 0 aliphatic carbocycles. The molecule has 0 aromatic heterocycles. The summed E-state index contributed by atoms with van der Waals surface area (Å²) in [5.41, 5.74) is 0. The van der Waals surface area contributed by atoms with Crippen LogP contribution in [0.3, 0.4) is 0 Å². The molecule has 0 bridgehead atoms. The molecule has 1 rings (SSSR count). The van der Waals surface area contributed by atoms with Crippen molar-refractivity contribution >= 4 is 23.6 Å². The van der Waals surface area contributed by atoms with Crippen LogP contribution in [0.2, 0.25) is 0 Å². The Morgan fingerprint density at radius 2 is 1.24 bits per heavy atom. The van der Waals surface area contributed by atoms with Crippen LogP contribution in [0.25, 0.3) is 0 Å². The van der Waals surface area contributed by atoms with Crippen molar-refractivity contribution in [2.45, 2.75) is 26.2 Å². The van der Waals surface area contributed by atoms with E-state index in [1.165, 1.54) is 21.7 Å². The normalized spacial score (nSPS) is 17.1. The number of alkyl halides is 2. The molecule has 0 unspecified atom stereocenters. The van der Waals surface area contributed by atoms with Crippen molar-refractivity contribution in [2.24, 2.45) is 5.92 Å². The Kier molecular flexibility index (Phi) is 15.2. The van der Waals surface area contributed by atoms with Crippen LogP contribution < -0.4 is 0 Å². The van der Waals surface area contributed by atoms with Crippen LogP contribution >= 0.6 is 19.8 Å². The van der Waals surface area contributed by atoms with E-state index in [4.69, 9.17) is 23.7 Å². The second-order valence-corrected chi connectivity index (χ2v) is 12.0. The number of hydrogen-bond acceptors (Lipinski definition) is 6. The van der Waals surface area contributed by atoms with E-state index < -0.39 is 19.8 Å². The fourth-order valence-corrected chi connectivity index (χ4v) is 8.63. The Bertz CT molecular complexity index is 321. The van der Waals surface area contributed by atoms with Crippen LogP contribution in [0.15, 0.2) is 0 Å². The maximum atomic E-state index is 12.1. The molecule has 0 N–H and O–H groups in total. The molecule has 25 heavy (non-hydrogen) atoms. The second kappa shape index (κ2) is 16.4. The second-order valence-electron chi connectivity index (χ2n) is 6.06. The van der Waals surface area contributed by atoms with E-state index in [0.717, 1.165) is 5.92 Å². The molecule has 0 amide bonds. The summed E-state index contributed by atoms with van der Waals surface area (Å²) < 4.78 is 29.4. The zero-order valence-corrected chi connectivity index (χ0v) is 18.0. The van der Waals surface area contributed by atoms with Crippen LogP contribution in [0.1, 0.15) is 26.2 Å². The van der Waals surface area contributed by atoms with E-state index in [9.17, 15) is 4.79 Å². The van der Waals surface area contributed by atoms with Gasteiger partial charge in [0.2, 0.25) is 0 Å². The number of hydrogen-bond donors (Lipinski definition) is 0. The molecule has 1 aliphatic rings. The average Bonchev–Trinajstić information content (AvgIpc) is 2.62. The predicted octanol–water partition coefficient (Wildman–Crippen LogP) is 2.55. The van der Waals surface area contributed by atoms with Gasteiger partial charge < -0.3 is 9.47 Å². The number of ether oxygens (including phenoxy) is 5. The van der Waals surface area contributed by atoms with E-state index in [1.807, 2.05) is 0 Å². The molecule has 0 saturated carbocycles. The van der Waals surface area contributed by atoms with Gasteiger partial charge in [-0.05, 0) is 0 Å². The summed E-state index contributed by atoms with van der Waals surface area (Å²) in [6, 6.07) is 0. The zero-order chi connectivity index (χ0) is 18.2. The van der Waals surface area contributed by atoms with Gasteiger partial charge >= 0.3 is 130 Å². The van der Waals surface area contributed by atoms with E-state index in [1.54, 1.807) is 7.11 Å². The summed E-state index contributed by atoms with van der Waals surface area (Å²) >= 11 is -1.31. The quantitative estimate of drug-likeness (QED) is 0.148. The summed E-state index contributed by atoms with van der Waals surface area (Å²) in [6.07, 6.45) is 3.12.